The normalized spacial score (nSPS) is 22.7. The van der Waals surface area contributed by atoms with Gasteiger partial charge in [-0.3, -0.25) is 4.79 Å². The molecule has 2 aromatic carbocycles. The van der Waals surface area contributed by atoms with E-state index in [-0.39, 0.29) is 24.4 Å². The Hall–Kier alpha value is -2.78. The summed E-state index contributed by atoms with van der Waals surface area (Å²) in [5.74, 6) is -5.35. The van der Waals surface area contributed by atoms with E-state index in [0.29, 0.717) is 18.4 Å². The van der Waals surface area contributed by atoms with E-state index in [1.165, 1.54) is 24.3 Å². The van der Waals surface area contributed by atoms with Crippen LogP contribution < -0.4 is 5.32 Å². The topological polar surface area (TPSA) is 73.1 Å². The van der Waals surface area contributed by atoms with Crippen molar-refractivity contribution in [3.05, 3.63) is 65.7 Å². The Morgan fingerprint density at radius 1 is 1.11 bits per heavy atom. The molecule has 0 aliphatic heterocycles. The largest absolute Gasteiger partial charge is 0.383 e. The molecule has 0 atom stereocenters. The van der Waals surface area contributed by atoms with Crippen LogP contribution >= 0.6 is 0 Å². The van der Waals surface area contributed by atoms with Crippen molar-refractivity contribution in [3.63, 3.8) is 0 Å². The van der Waals surface area contributed by atoms with Gasteiger partial charge in [-0.1, -0.05) is 30.3 Å². The molecular weight excluding hydrogens is 350 g/mol. The van der Waals surface area contributed by atoms with Crippen LogP contribution in [-0.2, 0) is 4.79 Å². The first-order valence-electron chi connectivity index (χ1n) is 8.82. The number of nitriles is 1. The number of alkyl halides is 2. The summed E-state index contributed by atoms with van der Waals surface area (Å²) in [6.07, 6.45) is 0.473. The lowest BCUT2D eigenvalue weighted by Crippen LogP contribution is -2.56. The highest BCUT2D eigenvalue weighted by atomic mass is 19.3. The second kappa shape index (κ2) is 7.45. The standard InChI is InChI=1S/C21H20F2N2O2/c22-21(23,19(26)25-18-8-6-15(14-24)7-9-18)20(27)12-10-17(11-13-20)16-4-2-1-3-5-16/h1-9,17,27H,10-13H2,(H,25,26). The Balaban J connectivity index is 1.68. The zero-order valence-corrected chi connectivity index (χ0v) is 14.7. The van der Waals surface area contributed by atoms with Crippen molar-refractivity contribution in [1.82, 2.24) is 0 Å². The SMILES string of the molecule is N#Cc1ccc(NC(=O)C(F)(F)C2(O)CCC(c3ccccc3)CC2)cc1. The second-order valence-electron chi connectivity index (χ2n) is 6.93. The molecule has 1 aliphatic rings. The summed E-state index contributed by atoms with van der Waals surface area (Å²) in [4.78, 5) is 12.2. The van der Waals surface area contributed by atoms with Gasteiger partial charge in [0.2, 0.25) is 0 Å². The molecule has 0 unspecified atom stereocenters. The fourth-order valence-corrected chi connectivity index (χ4v) is 3.52. The quantitative estimate of drug-likeness (QED) is 0.846. The van der Waals surface area contributed by atoms with E-state index in [0.717, 1.165) is 5.56 Å². The zero-order chi connectivity index (χ0) is 19.5. The number of rotatable bonds is 4. The predicted molar refractivity (Wildman–Crippen MR) is 97.3 cm³/mol. The number of benzene rings is 2. The lowest BCUT2D eigenvalue weighted by atomic mass is 9.73. The van der Waals surface area contributed by atoms with Gasteiger partial charge in [-0.15, -0.1) is 0 Å². The third-order valence-corrected chi connectivity index (χ3v) is 5.23. The third kappa shape index (κ3) is 3.83. The number of anilines is 1. The molecule has 0 radical (unpaired) electrons. The van der Waals surface area contributed by atoms with E-state index in [9.17, 15) is 18.7 Å². The van der Waals surface area contributed by atoms with Crippen molar-refractivity contribution in [3.8, 4) is 6.07 Å². The van der Waals surface area contributed by atoms with E-state index in [2.05, 4.69) is 5.32 Å². The fraction of sp³-hybridized carbons (Fsp3) is 0.333. The van der Waals surface area contributed by atoms with Crippen LogP contribution in [0.3, 0.4) is 0 Å². The van der Waals surface area contributed by atoms with E-state index in [1.807, 2.05) is 36.4 Å². The van der Waals surface area contributed by atoms with Crippen LogP contribution in [0.25, 0.3) is 0 Å². The average Bonchev–Trinajstić information content (AvgIpc) is 2.69. The highest BCUT2D eigenvalue weighted by Gasteiger charge is 2.59. The molecular formula is C21H20F2N2O2. The first kappa shape index (κ1) is 19.0. The summed E-state index contributed by atoms with van der Waals surface area (Å²) >= 11 is 0. The Labute approximate surface area is 156 Å². The minimum Gasteiger partial charge on any atom is -0.383 e. The summed E-state index contributed by atoms with van der Waals surface area (Å²) in [6.45, 7) is 0. The minimum atomic E-state index is -3.91. The molecule has 0 bridgehead atoms. The van der Waals surface area contributed by atoms with Gasteiger partial charge in [-0.2, -0.15) is 14.0 Å². The smallest absolute Gasteiger partial charge is 0.352 e. The van der Waals surface area contributed by atoms with Crippen LogP contribution in [0.2, 0.25) is 0 Å². The predicted octanol–water partition coefficient (Wildman–Crippen LogP) is 4.22. The highest BCUT2D eigenvalue weighted by molar-refractivity contribution is 5.97. The molecule has 2 N–H and O–H groups in total. The highest BCUT2D eigenvalue weighted by Crippen LogP contribution is 2.45. The Morgan fingerprint density at radius 3 is 2.26 bits per heavy atom. The van der Waals surface area contributed by atoms with Crippen molar-refractivity contribution in [2.75, 3.05) is 5.32 Å². The number of nitrogens with one attached hydrogen (secondary N) is 1. The van der Waals surface area contributed by atoms with Crippen molar-refractivity contribution in [1.29, 1.82) is 5.26 Å². The summed E-state index contributed by atoms with van der Waals surface area (Å²) < 4.78 is 29.5. The number of halogens is 2. The molecule has 27 heavy (non-hydrogen) atoms. The third-order valence-electron chi connectivity index (χ3n) is 5.23. The lowest BCUT2D eigenvalue weighted by molar-refractivity contribution is -0.197. The van der Waals surface area contributed by atoms with Gasteiger partial charge in [0.25, 0.3) is 5.91 Å². The number of hydrogen-bond acceptors (Lipinski definition) is 3. The monoisotopic (exact) mass is 370 g/mol. The summed E-state index contributed by atoms with van der Waals surface area (Å²) in [7, 11) is 0. The van der Waals surface area contributed by atoms with E-state index >= 15 is 0 Å². The molecule has 0 spiro atoms. The minimum absolute atomic E-state index is 0.101. The summed E-state index contributed by atoms with van der Waals surface area (Å²) in [5.41, 5.74) is -0.794. The van der Waals surface area contributed by atoms with Crippen LogP contribution in [0.5, 0.6) is 0 Å². The van der Waals surface area contributed by atoms with Gasteiger partial charge in [0.05, 0.1) is 11.6 Å². The maximum absolute atomic E-state index is 14.7. The maximum Gasteiger partial charge on any atom is 0.352 e. The number of carbonyl (C=O) groups excluding carboxylic acids is 1. The van der Waals surface area contributed by atoms with E-state index in [4.69, 9.17) is 5.26 Å². The Bertz CT molecular complexity index is 837. The molecule has 6 heteroatoms. The van der Waals surface area contributed by atoms with E-state index < -0.39 is 17.4 Å². The van der Waals surface area contributed by atoms with Crippen molar-refractivity contribution in [2.45, 2.75) is 43.1 Å². The second-order valence-corrected chi connectivity index (χ2v) is 6.93. The van der Waals surface area contributed by atoms with Crippen LogP contribution in [0.4, 0.5) is 14.5 Å². The first-order valence-corrected chi connectivity index (χ1v) is 8.82. The van der Waals surface area contributed by atoms with Gasteiger partial charge < -0.3 is 10.4 Å². The Kier molecular flexibility index (Phi) is 5.24. The molecule has 1 saturated carbocycles. The number of aliphatic hydroxyl groups is 1. The van der Waals surface area contributed by atoms with Crippen LogP contribution in [0, 0.1) is 11.3 Å². The number of hydrogen-bond donors (Lipinski definition) is 2. The number of carbonyl (C=O) groups is 1. The van der Waals surface area contributed by atoms with Gasteiger partial charge in [-0.05, 0) is 61.4 Å². The van der Waals surface area contributed by atoms with Crippen LogP contribution in [0.1, 0.15) is 42.7 Å². The maximum atomic E-state index is 14.7. The zero-order valence-electron chi connectivity index (χ0n) is 14.7. The lowest BCUT2D eigenvalue weighted by Gasteiger charge is -2.40. The summed E-state index contributed by atoms with van der Waals surface area (Å²) in [6, 6.07) is 17.1. The molecule has 1 fully saturated rings. The van der Waals surface area contributed by atoms with Crippen LogP contribution in [0.15, 0.2) is 54.6 Å². The molecule has 140 valence electrons. The van der Waals surface area contributed by atoms with Crippen molar-refractivity contribution in [2.24, 2.45) is 0 Å². The van der Waals surface area contributed by atoms with Gasteiger partial charge in [0.1, 0.15) is 5.60 Å². The number of amides is 1. The molecule has 4 nitrogen and oxygen atoms in total. The van der Waals surface area contributed by atoms with E-state index in [1.54, 1.807) is 0 Å². The molecule has 1 aliphatic carbocycles. The van der Waals surface area contributed by atoms with Gasteiger partial charge >= 0.3 is 5.92 Å². The average molecular weight is 370 g/mol. The van der Waals surface area contributed by atoms with Crippen molar-refractivity contribution >= 4 is 11.6 Å². The summed E-state index contributed by atoms with van der Waals surface area (Å²) in [5, 5.41) is 21.4. The first-order chi connectivity index (χ1) is 12.9. The molecule has 0 aromatic heterocycles. The fourth-order valence-electron chi connectivity index (χ4n) is 3.52. The van der Waals surface area contributed by atoms with Crippen LogP contribution in [-0.4, -0.2) is 22.5 Å². The Morgan fingerprint density at radius 2 is 1.70 bits per heavy atom. The van der Waals surface area contributed by atoms with Gasteiger partial charge in [0, 0.05) is 5.69 Å². The van der Waals surface area contributed by atoms with Crippen molar-refractivity contribution < 1.29 is 18.7 Å². The molecule has 0 heterocycles. The molecule has 2 aromatic rings. The van der Waals surface area contributed by atoms with Gasteiger partial charge in [0.15, 0.2) is 0 Å². The molecule has 3 rings (SSSR count). The molecule has 1 amide bonds. The number of nitrogens with zero attached hydrogens (tertiary/aromatic N) is 1. The van der Waals surface area contributed by atoms with Gasteiger partial charge in [-0.25, -0.2) is 0 Å². The molecule has 0 saturated heterocycles.